The second kappa shape index (κ2) is 4.68. The van der Waals surface area contributed by atoms with Gasteiger partial charge in [-0.05, 0) is 30.3 Å². The lowest BCUT2D eigenvalue weighted by molar-refractivity contribution is 0.683. The van der Waals surface area contributed by atoms with Crippen molar-refractivity contribution >= 4 is 28.1 Å². The number of halogens is 1. The van der Waals surface area contributed by atoms with Gasteiger partial charge in [0, 0.05) is 9.79 Å². The molecule has 0 fully saturated rings. The van der Waals surface area contributed by atoms with Gasteiger partial charge in [-0.15, -0.1) is 0 Å². The molecular weight excluding hydrogens is 242 g/mol. The van der Waals surface area contributed by atoms with Gasteiger partial charge in [0.25, 0.3) is 0 Å². The van der Waals surface area contributed by atoms with Crippen LogP contribution in [0.15, 0.2) is 58.3 Å². The van der Waals surface area contributed by atoms with Crippen LogP contribution in [0.2, 0.25) is 5.02 Å². The maximum Gasteiger partial charge on any atom is 0.0850 e. The number of hydrogen-bond acceptors (Lipinski definition) is 2. The Kier molecular flexibility index (Phi) is 3.27. The predicted molar refractivity (Wildman–Crippen MR) is 67.0 cm³/mol. The fourth-order valence-corrected chi connectivity index (χ4v) is 2.54. The lowest BCUT2D eigenvalue weighted by Crippen LogP contribution is -1.94. The molecule has 0 bridgehead atoms. The van der Waals surface area contributed by atoms with Crippen molar-refractivity contribution in [3.63, 3.8) is 0 Å². The normalized spacial score (nSPS) is 12.3. The first kappa shape index (κ1) is 11.2. The van der Waals surface area contributed by atoms with Crippen LogP contribution in [0.3, 0.4) is 0 Å². The third kappa shape index (κ3) is 2.26. The Balaban J connectivity index is 2.39. The molecule has 2 N–H and O–H groups in total. The van der Waals surface area contributed by atoms with E-state index in [1.165, 1.54) is 0 Å². The zero-order valence-electron chi connectivity index (χ0n) is 8.39. The summed E-state index contributed by atoms with van der Waals surface area (Å²) in [4.78, 5) is 1.41. The summed E-state index contributed by atoms with van der Waals surface area (Å²) in [6.45, 7) is 0. The molecule has 0 spiro atoms. The highest BCUT2D eigenvalue weighted by atomic mass is 35.5. The first-order valence-corrected chi connectivity index (χ1v) is 6.23. The Morgan fingerprint density at radius 1 is 1.00 bits per heavy atom. The second-order valence-corrected chi connectivity index (χ2v) is 5.15. The summed E-state index contributed by atoms with van der Waals surface area (Å²) in [7, 11) is -1.20. The fraction of sp³-hybridized carbons (Fsp3) is 0. The van der Waals surface area contributed by atoms with Gasteiger partial charge in [-0.3, -0.25) is 0 Å². The minimum Gasteiger partial charge on any atom is -0.397 e. The van der Waals surface area contributed by atoms with Crippen molar-refractivity contribution in [1.29, 1.82) is 0 Å². The van der Waals surface area contributed by atoms with Crippen LogP contribution in [0.5, 0.6) is 0 Å². The average molecular weight is 252 g/mol. The molecule has 0 saturated heterocycles. The summed E-state index contributed by atoms with van der Waals surface area (Å²) < 4.78 is 12.1. The number of nitrogens with two attached hydrogens (primary N) is 1. The first-order chi connectivity index (χ1) is 7.68. The molecule has 2 aromatic rings. The van der Waals surface area contributed by atoms with Gasteiger partial charge < -0.3 is 5.73 Å². The highest BCUT2D eigenvalue weighted by Gasteiger charge is 2.07. The predicted octanol–water partition coefficient (Wildman–Crippen LogP) is 3.09. The Morgan fingerprint density at radius 2 is 1.69 bits per heavy atom. The van der Waals surface area contributed by atoms with E-state index in [2.05, 4.69) is 0 Å². The Labute approximate surface area is 102 Å². The van der Waals surface area contributed by atoms with Gasteiger partial charge in [0.1, 0.15) is 0 Å². The number of benzene rings is 2. The molecule has 16 heavy (non-hydrogen) atoms. The van der Waals surface area contributed by atoms with Crippen LogP contribution in [-0.4, -0.2) is 4.21 Å². The van der Waals surface area contributed by atoms with Crippen molar-refractivity contribution in [3.8, 4) is 0 Å². The summed E-state index contributed by atoms with van der Waals surface area (Å²) >= 11 is 5.81. The fourth-order valence-electron chi connectivity index (χ4n) is 1.32. The van der Waals surface area contributed by atoms with E-state index >= 15 is 0 Å². The summed E-state index contributed by atoms with van der Waals surface area (Å²) in [5.74, 6) is 0. The van der Waals surface area contributed by atoms with Crippen molar-refractivity contribution in [2.75, 3.05) is 5.73 Å². The van der Waals surface area contributed by atoms with Gasteiger partial charge in [0.2, 0.25) is 0 Å². The standard InChI is InChI=1S/C12H10ClNOS/c13-11-7-6-10(8-12(11)14)16(15)9-4-2-1-3-5-9/h1-8H,14H2. The van der Waals surface area contributed by atoms with Crippen molar-refractivity contribution < 1.29 is 4.21 Å². The minimum absolute atomic E-state index is 0.448. The van der Waals surface area contributed by atoms with Crippen LogP contribution in [-0.2, 0) is 10.8 Å². The highest BCUT2D eigenvalue weighted by Crippen LogP contribution is 2.23. The number of anilines is 1. The minimum atomic E-state index is -1.20. The summed E-state index contributed by atoms with van der Waals surface area (Å²) in [5, 5.41) is 0.480. The molecule has 0 saturated carbocycles. The lowest BCUT2D eigenvalue weighted by atomic mass is 10.3. The third-order valence-electron chi connectivity index (χ3n) is 2.14. The van der Waals surface area contributed by atoms with Crippen LogP contribution in [0.1, 0.15) is 0 Å². The first-order valence-electron chi connectivity index (χ1n) is 4.70. The molecule has 0 aliphatic carbocycles. The van der Waals surface area contributed by atoms with E-state index in [0.29, 0.717) is 15.6 Å². The molecule has 0 aromatic heterocycles. The van der Waals surface area contributed by atoms with Crippen LogP contribution in [0.25, 0.3) is 0 Å². The van der Waals surface area contributed by atoms with E-state index in [-0.39, 0.29) is 0 Å². The summed E-state index contributed by atoms with van der Waals surface area (Å²) in [6, 6.07) is 14.3. The molecule has 1 atom stereocenters. The molecule has 1 unspecified atom stereocenters. The molecule has 0 radical (unpaired) electrons. The molecule has 82 valence electrons. The number of hydrogen-bond donors (Lipinski definition) is 1. The van der Waals surface area contributed by atoms with Crippen molar-refractivity contribution in [2.24, 2.45) is 0 Å². The molecule has 0 aliphatic heterocycles. The van der Waals surface area contributed by atoms with E-state index < -0.39 is 10.8 Å². The van der Waals surface area contributed by atoms with Gasteiger partial charge >= 0.3 is 0 Å². The van der Waals surface area contributed by atoms with Crippen LogP contribution in [0, 0.1) is 0 Å². The van der Waals surface area contributed by atoms with Crippen LogP contribution < -0.4 is 5.73 Å². The number of rotatable bonds is 2. The highest BCUT2D eigenvalue weighted by molar-refractivity contribution is 7.85. The van der Waals surface area contributed by atoms with Crippen molar-refractivity contribution in [2.45, 2.75) is 9.79 Å². The quantitative estimate of drug-likeness (QED) is 0.834. The molecule has 0 heterocycles. The number of nitrogen functional groups attached to an aromatic ring is 1. The SMILES string of the molecule is Nc1cc(S(=O)c2ccccc2)ccc1Cl. The molecule has 4 heteroatoms. The van der Waals surface area contributed by atoms with Gasteiger partial charge in [-0.2, -0.15) is 0 Å². The molecular formula is C12H10ClNOS. The Bertz CT molecular complexity index is 528. The maximum absolute atomic E-state index is 12.1. The topological polar surface area (TPSA) is 43.1 Å². The molecule has 2 rings (SSSR count). The molecule has 0 amide bonds. The van der Waals surface area contributed by atoms with Gasteiger partial charge in [-0.1, -0.05) is 29.8 Å². The molecule has 2 aromatic carbocycles. The van der Waals surface area contributed by atoms with Crippen LogP contribution in [0.4, 0.5) is 5.69 Å². The maximum atomic E-state index is 12.1. The average Bonchev–Trinajstić information content (AvgIpc) is 2.33. The van der Waals surface area contributed by atoms with Crippen molar-refractivity contribution in [1.82, 2.24) is 0 Å². The molecule has 2 nitrogen and oxygen atoms in total. The largest absolute Gasteiger partial charge is 0.397 e. The van der Waals surface area contributed by atoms with Gasteiger partial charge in [0.05, 0.1) is 21.5 Å². The lowest BCUT2D eigenvalue weighted by Gasteiger charge is -2.04. The van der Waals surface area contributed by atoms with Gasteiger partial charge in [-0.25, -0.2) is 4.21 Å². The zero-order valence-corrected chi connectivity index (χ0v) is 9.96. The van der Waals surface area contributed by atoms with E-state index in [4.69, 9.17) is 17.3 Å². The van der Waals surface area contributed by atoms with E-state index in [9.17, 15) is 4.21 Å². The second-order valence-electron chi connectivity index (χ2n) is 3.27. The van der Waals surface area contributed by atoms with Gasteiger partial charge in [0.15, 0.2) is 0 Å². The summed E-state index contributed by atoms with van der Waals surface area (Å²) in [5.41, 5.74) is 6.12. The Hall–Kier alpha value is -1.32. The third-order valence-corrected chi connectivity index (χ3v) is 3.87. The smallest absolute Gasteiger partial charge is 0.0850 e. The Morgan fingerprint density at radius 3 is 2.31 bits per heavy atom. The van der Waals surface area contributed by atoms with Crippen molar-refractivity contribution in [3.05, 3.63) is 53.6 Å². The monoisotopic (exact) mass is 251 g/mol. The van der Waals surface area contributed by atoms with E-state index in [1.54, 1.807) is 18.2 Å². The summed E-state index contributed by atoms with van der Waals surface area (Å²) in [6.07, 6.45) is 0. The van der Waals surface area contributed by atoms with E-state index in [1.807, 2.05) is 30.3 Å². The zero-order chi connectivity index (χ0) is 11.5. The van der Waals surface area contributed by atoms with Crippen LogP contribution >= 0.6 is 11.6 Å². The van der Waals surface area contributed by atoms with E-state index in [0.717, 1.165) is 4.90 Å². The molecule has 0 aliphatic rings.